The summed E-state index contributed by atoms with van der Waals surface area (Å²) in [6, 6.07) is 4.51. The summed E-state index contributed by atoms with van der Waals surface area (Å²) >= 11 is 0. The smallest absolute Gasteiger partial charge is 0.241 e. The van der Waals surface area contributed by atoms with Crippen LogP contribution in [0.15, 0.2) is 23.1 Å². The summed E-state index contributed by atoms with van der Waals surface area (Å²) in [5.41, 5.74) is 0.573. The molecule has 3 N–H and O–H groups in total. The van der Waals surface area contributed by atoms with Crippen LogP contribution in [0.2, 0.25) is 0 Å². The fourth-order valence-electron chi connectivity index (χ4n) is 1.71. The molecule has 0 aromatic heterocycles. The minimum absolute atomic E-state index is 0.107. The molecule has 1 amide bonds. The molecule has 0 saturated heterocycles. The van der Waals surface area contributed by atoms with Gasteiger partial charge < -0.3 is 10.1 Å². The highest BCUT2D eigenvalue weighted by Gasteiger charge is 2.16. The Morgan fingerprint density at radius 2 is 2.10 bits per heavy atom. The predicted octanol–water partition coefficient (Wildman–Crippen LogP) is 0.801. The van der Waals surface area contributed by atoms with Gasteiger partial charge in [0.25, 0.3) is 0 Å². The van der Waals surface area contributed by atoms with Crippen molar-refractivity contribution < 1.29 is 17.9 Å². The Kier molecular flexibility index (Phi) is 5.97. The van der Waals surface area contributed by atoms with Gasteiger partial charge in [-0.3, -0.25) is 4.79 Å². The molecule has 112 valence electrons. The van der Waals surface area contributed by atoms with Gasteiger partial charge in [-0.15, -0.1) is 0 Å². The van der Waals surface area contributed by atoms with E-state index in [2.05, 4.69) is 5.32 Å². The lowest BCUT2D eigenvalue weighted by Crippen LogP contribution is -2.26. The van der Waals surface area contributed by atoms with Crippen LogP contribution in [0.25, 0.3) is 0 Å². The minimum atomic E-state index is -3.88. The summed E-state index contributed by atoms with van der Waals surface area (Å²) < 4.78 is 27.9. The van der Waals surface area contributed by atoms with Gasteiger partial charge in [0.15, 0.2) is 0 Å². The molecule has 0 spiro atoms. The zero-order chi connectivity index (χ0) is 15.2. The fraction of sp³-hybridized carbons (Fsp3) is 0.462. The van der Waals surface area contributed by atoms with E-state index in [4.69, 9.17) is 9.88 Å². The van der Waals surface area contributed by atoms with Crippen molar-refractivity contribution in [2.45, 2.75) is 31.1 Å². The molecule has 20 heavy (non-hydrogen) atoms. The highest BCUT2D eigenvalue weighted by molar-refractivity contribution is 7.89. The molecule has 0 saturated carbocycles. The fourth-order valence-corrected chi connectivity index (χ4v) is 2.45. The molecule has 0 aliphatic rings. The van der Waals surface area contributed by atoms with Crippen LogP contribution in [0.3, 0.4) is 0 Å². The average Bonchev–Trinajstić information content (AvgIpc) is 2.38. The van der Waals surface area contributed by atoms with Gasteiger partial charge >= 0.3 is 0 Å². The number of ether oxygens (including phenoxy) is 1. The highest BCUT2D eigenvalue weighted by atomic mass is 32.2. The number of carbonyl (C=O) groups excluding carboxylic acids is 1. The molecule has 1 rings (SSSR count). The molecule has 0 aliphatic carbocycles. The predicted molar refractivity (Wildman–Crippen MR) is 76.0 cm³/mol. The number of benzene rings is 1. The number of sulfonamides is 1. The maximum Gasteiger partial charge on any atom is 0.241 e. The summed E-state index contributed by atoms with van der Waals surface area (Å²) in [4.78, 5) is 11.6. The molecular weight excluding hydrogens is 280 g/mol. The van der Waals surface area contributed by atoms with Crippen molar-refractivity contribution in [3.8, 4) is 5.75 Å². The van der Waals surface area contributed by atoms with Crippen LogP contribution >= 0.6 is 0 Å². The molecule has 0 aliphatic heterocycles. The van der Waals surface area contributed by atoms with E-state index in [1.165, 1.54) is 19.2 Å². The Bertz CT molecular complexity index is 570. The minimum Gasteiger partial charge on any atom is -0.495 e. The van der Waals surface area contributed by atoms with E-state index in [9.17, 15) is 13.2 Å². The molecule has 6 nitrogen and oxygen atoms in total. The Hall–Kier alpha value is -1.60. The third-order valence-electron chi connectivity index (χ3n) is 2.75. The number of hydrogen-bond donors (Lipinski definition) is 2. The number of primary sulfonamides is 1. The maximum absolute atomic E-state index is 11.7. The van der Waals surface area contributed by atoms with Gasteiger partial charge in [0, 0.05) is 6.54 Å². The van der Waals surface area contributed by atoms with Gasteiger partial charge in [0.05, 0.1) is 13.5 Å². The third-order valence-corrected chi connectivity index (χ3v) is 3.68. The van der Waals surface area contributed by atoms with Crippen LogP contribution < -0.4 is 15.2 Å². The van der Waals surface area contributed by atoms with E-state index >= 15 is 0 Å². The Balaban J connectivity index is 2.85. The second-order valence-electron chi connectivity index (χ2n) is 4.41. The SMILES string of the molecule is CCCCNC(=O)Cc1ccc(OC)c(S(N)(=O)=O)c1. The topological polar surface area (TPSA) is 98.5 Å². The summed E-state index contributed by atoms with van der Waals surface area (Å²) in [5.74, 6) is 0.0200. The lowest BCUT2D eigenvalue weighted by Gasteiger charge is -2.09. The van der Waals surface area contributed by atoms with Gasteiger partial charge in [0.2, 0.25) is 15.9 Å². The number of unbranched alkanes of at least 4 members (excludes halogenated alkanes) is 1. The lowest BCUT2D eigenvalue weighted by molar-refractivity contribution is -0.120. The van der Waals surface area contributed by atoms with Crippen LogP contribution in [0.4, 0.5) is 0 Å². The van der Waals surface area contributed by atoms with Crippen molar-refractivity contribution in [2.75, 3.05) is 13.7 Å². The molecule has 7 heteroatoms. The van der Waals surface area contributed by atoms with Crippen molar-refractivity contribution in [1.82, 2.24) is 5.32 Å². The number of amides is 1. The number of methoxy groups -OCH3 is 1. The molecule has 1 aromatic rings. The van der Waals surface area contributed by atoms with Crippen LogP contribution in [0.5, 0.6) is 5.75 Å². The van der Waals surface area contributed by atoms with Gasteiger partial charge in [-0.1, -0.05) is 19.4 Å². The van der Waals surface area contributed by atoms with Crippen LogP contribution in [0.1, 0.15) is 25.3 Å². The van der Waals surface area contributed by atoms with Gasteiger partial charge in [0.1, 0.15) is 10.6 Å². The Labute approximate surface area is 119 Å². The monoisotopic (exact) mass is 300 g/mol. The standard InChI is InChI=1S/C13H20N2O4S/c1-3-4-7-15-13(16)9-10-5-6-11(19-2)12(8-10)20(14,17)18/h5-6,8H,3-4,7,9H2,1-2H3,(H,15,16)(H2,14,17,18). The molecule has 1 aromatic carbocycles. The molecule has 0 atom stereocenters. The average molecular weight is 300 g/mol. The first-order valence-corrected chi connectivity index (χ1v) is 7.89. The molecule has 0 bridgehead atoms. The zero-order valence-corrected chi connectivity index (χ0v) is 12.5. The van der Waals surface area contributed by atoms with Crippen molar-refractivity contribution in [1.29, 1.82) is 0 Å². The Morgan fingerprint density at radius 3 is 2.65 bits per heavy atom. The first-order chi connectivity index (χ1) is 9.38. The number of nitrogens with two attached hydrogens (primary N) is 1. The van der Waals surface area contributed by atoms with Crippen LogP contribution in [-0.2, 0) is 21.2 Å². The number of carbonyl (C=O) groups is 1. The lowest BCUT2D eigenvalue weighted by atomic mass is 10.1. The quantitative estimate of drug-likeness (QED) is 0.728. The molecule has 0 radical (unpaired) electrons. The van der Waals surface area contributed by atoms with Crippen molar-refractivity contribution >= 4 is 15.9 Å². The zero-order valence-electron chi connectivity index (χ0n) is 11.7. The third kappa shape index (κ3) is 4.82. The maximum atomic E-state index is 11.7. The summed E-state index contributed by atoms with van der Waals surface area (Å²) in [6.07, 6.45) is 2.02. The number of nitrogens with one attached hydrogen (secondary N) is 1. The molecule has 0 heterocycles. The number of rotatable bonds is 7. The first-order valence-electron chi connectivity index (χ1n) is 6.35. The van der Waals surface area contributed by atoms with E-state index in [0.29, 0.717) is 12.1 Å². The largest absolute Gasteiger partial charge is 0.495 e. The highest BCUT2D eigenvalue weighted by Crippen LogP contribution is 2.23. The molecule has 0 unspecified atom stereocenters. The number of hydrogen-bond acceptors (Lipinski definition) is 4. The second-order valence-corrected chi connectivity index (χ2v) is 5.94. The summed E-state index contributed by atoms with van der Waals surface area (Å²) in [5, 5.41) is 7.89. The van der Waals surface area contributed by atoms with Crippen molar-refractivity contribution in [3.63, 3.8) is 0 Å². The van der Waals surface area contributed by atoms with Crippen LogP contribution in [-0.4, -0.2) is 28.0 Å². The molecule has 0 fully saturated rings. The Morgan fingerprint density at radius 1 is 1.40 bits per heavy atom. The summed E-state index contributed by atoms with van der Waals surface area (Å²) in [6.45, 7) is 2.65. The van der Waals surface area contributed by atoms with Crippen LogP contribution in [0, 0.1) is 0 Å². The second kappa shape index (κ2) is 7.25. The van der Waals surface area contributed by atoms with Gasteiger partial charge in [-0.05, 0) is 24.1 Å². The normalized spacial score (nSPS) is 11.2. The van der Waals surface area contributed by atoms with Gasteiger partial charge in [-0.2, -0.15) is 0 Å². The van der Waals surface area contributed by atoms with Crippen molar-refractivity contribution in [2.24, 2.45) is 5.14 Å². The van der Waals surface area contributed by atoms with Crippen molar-refractivity contribution in [3.05, 3.63) is 23.8 Å². The van der Waals surface area contributed by atoms with E-state index in [1.807, 2.05) is 6.92 Å². The van der Waals surface area contributed by atoms with E-state index in [1.54, 1.807) is 6.07 Å². The van der Waals surface area contributed by atoms with E-state index in [0.717, 1.165) is 12.8 Å². The first kappa shape index (κ1) is 16.5. The molecular formula is C13H20N2O4S. The van der Waals surface area contributed by atoms with E-state index in [-0.39, 0.29) is 23.0 Å². The van der Waals surface area contributed by atoms with Gasteiger partial charge in [-0.25, -0.2) is 13.6 Å². The summed E-state index contributed by atoms with van der Waals surface area (Å²) in [7, 11) is -2.52. The van der Waals surface area contributed by atoms with E-state index < -0.39 is 10.0 Å².